The van der Waals surface area contributed by atoms with Crippen molar-refractivity contribution in [2.24, 2.45) is 0 Å². The fourth-order valence-corrected chi connectivity index (χ4v) is 3.53. The third kappa shape index (κ3) is 3.07. The molecule has 0 saturated heterocycles. The Morgan fingerprint density at radius 1 is 0.905 bits per heavy atom. The molecule has 0 spiro atoms. The Labute approximate surface area is 147 Å². The van der Waals surface area contributed by atoms with Crippen LogP contribution in [-0.2, 0) is 0 Å². The molecule has 2 aromatic carbocycles. The van der Waals surface area contributed by atoms with Crippen molar-refractivity contribution in [2.75, 3.05) is 11.1 Å². The first-order valence-electron chi connectivity index (χ1n) is 6.10. The molecule has 21 heavy (non-hydrogen) atoms. The summed E-state index contributed by atoms with van der Waals surface area (Å²) in [5.41, 5.74) is 9.46. The van der Waals surface area contributed by atoms with Gasteiger partial charge in [0.25, 0.3) is 0 Å². The number of nitrogens with zero attached hydrogens (tertiary/aromatic N) is 1. The van der Waals surface area contributed by atoms with Gasteiger partial charge in [-0.1, -0.05) is 15.9 Å². The highest BCUT2D eigenvalue weighted by molar-refractivity contribution is 9.11. The smallest absolute Gasteiger partial charge is 0.0958 e. The van der Waals surface area contributed by atoms with Crippen LogP contribution in [0.15, 0.2) is 56.0 Å². The molecule has 0 fully saturated rings. The van der Waals surface area contributed by atoms with Gasteiger partial charge in [0.2, 0.25) is 0 Å². The average Bonchev–Trinajstić information content (AvgIpc) is 2.45. The Morgan fingerprint density at radius 2 is 1.67 bits per heavy atom. The summed E-state index contributed by atoms with van der Waals surface area (Å²) in [7, 11) is 0. The number of nitrogens with one attached hydrogen (secondary N) is 1. The van der Waals surface area contributed by atoms with E-state index in [-0.39, 0.29) is 0 Å². The summed E-state index contributed by atoms with van der Waals surface area (Å²) in [5, 5.41) is 4.31. The average molecular weight is 472 g/mol. The van der Waals surface area contributed by atoms with Gasteiger partial charge in [0.05, 0.1) is 16.9 Å². The van der Waals surface area contributed by atoms with Gasteiger partial charge in [0, 0.05) is 30.7 Å². The number of aromatic nitrogens is 1. The molecule has 0 saturated carbocycles. The molecular formula is C15H10Br3N3. The van der Waals surface area contributed by atoms with Crippen LogP contribution < -0.4 is 11.1 Å². The zero-order valence-corrected chi connectivity index (χ0v) is 15.5. The highest BCUT2D eigenvalue weighted by atomic mass is 79.9. The number of nitrogen functional groups attached to an aromatic ring is 1. The number of benzene rings is 2. The van der Waals surface area contributed by atoms with Crippen LogP contribution >= 0.6 is 47.8 Å². The molecule has 0 radical (unpaired) electrons. The summed E-state index contributed by atoms with van der Waals surface area (Å²) >= 11 is 10.4. The van der Waals surface area contributed by atoms with Gasteiger partial charge in [0.1, 0.15) is 0 Å². The van der Waals surface area contributed by atoms with E-state index >= 15 is 0 Å². The SMILES string of the molecule is Nc1ccc(Nc2ccc(Br)cc2Br)c2ncc(Br)cc12. The van der Waals surface area contributed by atoms with E-state index in [1.165, 1.54) is 0 Å². The van der Waals surface area contributed by atoms with Crippen molar-refractivity contribution >= 4 is 75.8 Å². The van der Waals surface area contributed by atoms with Crippen LogP contribution in [0.2, 0.25) is 0 Å². The third-order valence-corrected chi connectivity index (χ3v) is 4.63. The lowest BCUT2D eigenvalue weighted by molar-refractivity contribution is 1.38. The van der Waals surface area contributed by atoms with Gasteiger partial charge in [-0.05, 0) is 68.3 Å². The number of hydrogen-bond donors (Lipinski definition) is 2. The Bertz CT molecular complexity index is 834. The van der Waals surface area contributed by atoms with Gasteiger partial charge in [-0.25, -0.2) is 0 Å². The van der Waals surface area contributed by atoms with Crippen molar-refractivity contribution in [3.63, 3.8) is 0 Å². The Hall–Kier alpha value is -1.11. The minimum atomic E-state index is 0.708. The molecule has 3 rings (SSSR count). The second kappa shape index (κ2) is 5.94. The number of halogens is 3. The summed E-state index contributed by atoms with van der Waals surface area (Å²) in [6.07, 6.45) is 1.77. The molecule has 0 bridgehead atoms. The van der Waals surface area contributed by atoms with Gasteiger partial charge in [-0.3, -0.25) is 4.98 Å². The maximum Gasteiger partial charge on any atom is 0.0958 e. The van der Waals surface area contributed by atoms with Crippen molar-refractivity contribution in [3.8, 4) is 0 Å². The van der Waals surface area contributed by atoms with E-state index in [2.05, 4.69) is 58.1 Å². The third-order valence-electron chi connectivity index (χ3n) is 3.05. The van der Waals surface area contributed by atoms with Crippen LogP contribution in [0.25, 0.3) is 10.9 Å². The van der Waals surface area contributed by atoms with E-state index in [9.17, 15) is 0 Å². The van der Waals surface area contributed by atoms with E-state index in [1.807, 2.05) is 36.4 Å². The maximum atomic E-state index is 6.03. The first kappa shape index (κ1) is 14.8. The van der Waals surface area contributed by atoms with Crippen LogP contribution in [0.3, 0.4) is 0 Å². The van der Waals surface area contributed by atoms with E-state index in [4.69, 9.17) is 5.73 Å². The standard InChI is InChI=1S/C15H10Br3N3/c16-8-1-3-13(11(18)6-8)21-14-4-2-12(19)10-5-9(17)7-20-15(10)14/h1-7,21H,19H2. The van der Waals surface area contributed by atoms with Crippen molar-refractivity contribution in [2.45, 2.75) is 0 Å². The topological polar surface area (TPSA) is 50.9 Å². The lowest BCUT2D eigenvalue weighted by Crippen LogP contribution is -1.96. The lowest BCUT2D eigenvalue weighted by atomic mass is 10.1. The first-order chi connectivity index (χ1) is 10.0. The van der Waals surface area contributed by atoms with E-state index in [0.717, 1.165) is 35.7 Å². The fourth-order valence-electron chi connectivity index (χ4n) is 2.05. The summed E-state index contributed by atoms with van der Waals surface area (Å²) < 4.78 is 2.90. The normalized spacial score (nSPS) is 10.8. The van der Waals surface area contributed by atoms with Crippen LogP contribution in [0, 0.1) is 0 Å². The molecular weight excluding hydrogens is 462 g/mol. The van der Waals surface area contributed by atoms with Crippen molar-refractivity contribution in [3.05, 3.63) is 56.0 Å². The Kier molecular flexibility index (Phi) is 4.19. The number of hydrogen-bond acceptors (Lipinski definition) is 3. The molecule has 0 aliphatic rings. The van der Waals surface area contributed by atoms with Crippen LogP contribution in [0.1, 0.15) is 0 Å². The Balaban J connectivity index is 2.11. The van der Waals surface area contributed by atoms with Crippen molar-refractivity contribution < 1.29 is 0 Å². The maximum absolute atomic E-state index is 6.03. The Morgan fingerprint density at radius 3 is 2.43 bits per heavy atom. The van der Waals surface area contributed by atoms with E-state index in [0.29, 0.717) is 5.69 Å². The summed E-state index contributed by atoms with van der Waals surface area (Å²) in [6.45, 7) is 0. The lowest BCUT2D eigenvalue weighted by Gasteiger charge is -2.12. The quantitative estimate of drug-likeness (QED) is 0.461. The molecule has 0 atom stereocenters. The monoisotopic (exact) mass is 469 g/mol. The molecule has 3 N–H and O–H groups in total. The van der Waals surface area contributed by atoms with E-state index < -0.39 is 0 Å². The minimum Gasteiger partial charge on any atom is -0.398 e. The molecule has 0 unspecified atom stereocenters. The number of anilines is 3. The van der Waals surface area contributed by atoms with Crippen LogP contribution in [-0.4, -0.2) is 4.98 Å². The number of rotatable bonds is 2. The number of nitrogens with two attached hydrogens (primary N) is 1. The molecule has 0 aliphatic carbocycles. The molecule has 0 aliphatic heterocycles. The van der Waals surface area contributed by atoms with Crippen LogP contribution in [0.5, 0.6) is 0 Å². The van der Waals surface area contributed by atoms with Gasteiger partial charge < -0.3 is 11.1 Å². The van der Waals surface area contributed by atoms with Crippen molar-refractivity contribution in [1.82, 2.24) is 4.98 Å². The highest BCUT2D eigenvalue weighted by Crippen LogP contribution is 2.33. The molecule has 3 nitrogen and oxygen atoms in total. The van der Waals surface area contributed by atoms with Gasteiger partial charge in [0.15, 0.2) is 0 Å². The van der Waals surface area contributed by atoms with Crippen molar-refractivity contribution in [1.29, 1.82) is 0 Å². The summed E-state index contributed by atoms with van der Waals surface area (Å²) in [5.74, 6) is 0. The summed E-state index contributed by atoms with van der Waals surface area (Å²) in [4.78, 5) is 4.47. The zero-order chi connectivity index (χ0) is 15.0. The van der Waals surface area contributed by atoms with Gasteiger partial charge >= 0.3 is 0 Å². The largest absolute Gasteiger partial charge is 0.398 e. The highest BCUT2D eigenvalue weighted by Gasteiger charge is 2.08. The molecule has 6 heteroatoms. The first-order valence-corrected chi connectivity index (χ1v) is 8.48. The van der Waals surface area contributed by atoms with Crippen LogP contribution in [0.4, 0.5) is 17.1 Å². The number of pyridine rings is 1. The molecule has 1 aromatic heterocycles. The number of fused-ring (bicyclic) bond motifs is 1. The minimum absolute atomic E-state index is 0.708. The molecule has 1 heterocycles. The summed E-state index contributed by atoms with van der Waals surface area (Å²) in [6, 6.07) is 11.8. The molecule has 106 valence electrons. The predicted octanol–water partition coefficient (Wildman–Crippen LogP) is 5.85. The van der Waals surface area contributed by atoms with Gasteiger partial charge in [-0.2, -0.15) is 0 Å². The molecule has 3 aromatic rings. The van der Waals surface area contributed by atoms with E-state index in [1.54, 1.807) is 6.20 Å². The predicted molar refractivity (Wildman–Crippen MR) is 99.0 cm³/mol. The zero-order valence-electron chi connectivity index (χ0n) is 10.7. The molecule has 0 amide bonds. The second-order valence-corrected chi connectivity index (χ2v) is 7.19. The van der Waals surface area contributed by atoms with Gasteiger partial charge in [-0.15, -0.1) is 0 Å². The fraction of sp³-hybridized carbons (Fsp3) is 0. The second-order valence-electron chi connectivity index (χ2n) is 4.50.